The van der Waals surface area contributed by atoms with Crippen LogP contribution < -0.4 is 14.2 Å². The second kappa shape index (κ2) is 11.7. The summed E-state index contributed by atoms with van der Waals surface area (Å²) in [5.41, 5.74) is 0.185. The maximum absolute atomic E-state index is 13.6. The first kappa shape index (κ1) is 27.9. The predicted molar refractivity (Wildman–Crippen MR) is 136 cm³/mol. The van der Waals surface area contributed by atoms with Crippen LogP contribution in [0.2, 0.25) is 5.02 Å². The number of rotatable bonds is 10. The summed E-state index contributed by atoms with van der Waals surface area (Å²) < 4.78 is 47.4. The van der Waals surface area contributed by atoms with E-state index in [0.29, 0.717) is 23.7 Å². The molecule has 0 bridgehead atoms. The van der Waals surface area contributed by atoms with E-state index in [1.807, 2.05) is 0 Å². The highest BCUT2D eigenvalue weighted by Crippen LogP contribution is 2.39. The van der Waals surface area contributed by atoms with Crippen LogP contribution in [-0.2, 0) is 14.8 Å². The molecule has 1 aliphatic rings. The first-order valence-electron chi connectivity index (χ1n) is 11.8. The molecule has 0 aliphatic heterocycles. The van der Waals surface area contributed by atoms with E-state index in [4.69, 9.17) is 25.8 Å². The molecular formula is C22H29ClN8O6S. The standard InChI is InChI=1S/C22H29ClN8O6S/c1-12(17(35-2)18-24-9-13(23)10-25-18)38(33,34)30-22-29-28-19(14-7-5-6-8-15(14)32)31(22)16-20(36-3)26-11-27-21(16)37-4/h9-12,14-15,17,32H,5-8H2,1-4H3,(H,29,30)/t12-,14+,15-,17-/m0/s1. The van der Waals surface area contributed by atoms with Crippen molar-refractivity contribution in [2.75, 3.05) is 26.1 Å². The number of hydrogen-bond acceptors (Lipinski definition) is 12. The lowest BCUT2D eigenvalue weighted by atomic mass is 9.86. The normalized spacial score (nSPS) is 19.5. The zero-order valence-electron chi connectivity index (χ0n) is 21.3. The van der Waals surface area contributed by atoms with E-state index in [-0.39, 0.29) is 29.2 Å². The Morgan fingerprint density at radius 2 is 1.68 bits per heavy atom. The molecular weight excluding hydrogens is 540 g/mol. The molecule has 0 amide bonds. The van der Waals surface area contributed by atoms with Gasteiger partial charge in [0.05, 0.1) is 25.3 Å². The second-order valence-corrected chi connectivity index (χ2v) is 11.2. The maximum Gasteiger partial charge on any atom is 0.245 e. The van der Waals surface area contributed by atoms with E-state index in [1.165, 1.54) is 51.5 Å². The lowest BCUT2D eigenvalue weighted by Gasteiger charge is -2.28. The second-order valence-electron chi connectivity index (χ2n) is 8.68. The van der Waals surface area contributed by atoms with Crippen LogP contribution >= 0.6 is 11.6 Å². The van der Waals surface area contributed by atoms with Crippen LogP contribution in [0.3, 0.4) is 0 Å². The van der Waals surface area contributed by atoms with Gasteiger partial charge in [-0.2, -0.15) is 9.97 Å². The van der Waals surface area contributed by atoms with E-state index in [9.17, 15) is 13.5 Å². The lowest BCUT2D eigenvalue weighted by Crippen LogP contribution is -2.33. The average molecular weight is 569 g/mol. The zero-order valence-corrected chi connectivity index (χ0v) is 22.8. The molecule has 38 heavy (non-hydrogen) atoms. The van der Waals surface area contributed by atoms with Crippen molar-refractivity contribution in [2.24, 2.45) is 0 Å². The number of aromatic nitrogens is 7. The molecule has 3 aromatic rings. The van der Waals surface area contributed by atoms with Crippen molar-refractivity contribution < 1.29 is 27.7 Å². The van der Waals surface area contributed by atoms with Crippen molar-refractivity contribution in [3.63, 3.8) is 0 Å². The number of halogens is 1. The lowest BCUT2D eigenvalue weighted by molar-refractivity contribution is 0.0950. The maximum atomic E-state index is 13.6. The third kappa shape index (κ3) is 5.50. The number of sulfonamides is 1. The van der Waals surface area contributed by atoms with Crippen molar-refractivity contribution in [1.82, 2.24) is 34.7 Å². The van der Waals surface area contributed by atoms with Crippen LogP contribution in [0.25, 0.3) is 5.69 Å². The third-order valence-electron chi connectivity index (χ3n) is 6.41. The van der Waals surface area contributed by atoms with Crippen LogP contribution in [0, 0.1) is 0 Å². The number of anilines is 1. The summed E-state index contributed by atoms with van der Waals surface area (Å²) in [7, 11) is -0.00443. The topological polar surface area (TPSA) is 176 Å². The molecule has 3 heterocycles. The quantitative estimate of drug-likeness (QED) is 0.364. The van der Waals surface area contributed by atoms with Crippen LogP contribution in [-0.4, -0.2) is 80.9 Å². The van der Waals surface area contributed by atoms with Gasteiger partial charge >= 0.3 is 0 Å². The van der Waals surface area contributed by atoms with Gasteiger partial charge in [0.15, 0.2) is 11.5 Å². The van der Waals surface area contributed by atoms with Crippen LogP contribution in [0.5, 0.6) is 11.8 Å². The van der Waals surface area contributed by atoms with Crippen molar-refractivity contribution in [3.05, 3.63) is 35.4 Å². The van der Waals surface area contributed by atoms with Crippen LogP contribution in [0.15, 0.2) is 18.7 Å². The molecule has 1 fully saturated rings. The fourth-order valence-electron chi connectivity index (χ4n) is 4.43. The molecule has 4 atom stereocenters. The van der Waals surface area contributed by atoms with Gasteiger partial charge in [-0.15, -0.1) is 10.2 Å². The molecule has 3 aromatic heterocycles. The summed E-state index contributed by atoms with van der Waals surface area (Å²) in [6.45, 7) is 1.45. The van der Waals surface area contributed by atoms with Gasteiger partial charge in [-0.05, 0) is 19.8 Å². The summed E-state index contributed by atoms with van der Waals surface area (Å²) in [5.74, 6) is 0.0704. The Balaban J connectivity index is 1.80. The van der Waals surface area contributed by atoms with E-state index in [1.54, 1.807) is 0 Å². The Kier molecular flexibility index (Phi) is 8.60. The zero-order chi connectivity index (χ0) is 27.4. The fraction of sp³-hybridized carbons (Fsp3) is 0.545. The molecule has 16 heteroatoms. The minimum absolute atomic E-state index is 0.0982. The molecule has 0 saturated heterocycles. The molecule has 0 radical (unpaired) electrons. The number of hydrogen-bond donors (Lipinski definition) is 2. The molecule has 0 unspecified atom stereocenters. The highest BCUT2D eigenvalue weighted by Gasteiger charge is 2.37. The Morgan fingerprint density at radius 1 is 1.05 bits per heavy atom. The van der Waals surface area contributed by atoms with Gasteiger partial charge in [0.2, 0.25) is 27.7 Å². The van der Waals surface area contributed by atoms with E-state index in [2.05, 4.69) is 34.9 Å². The average Bonchev–Trinajstić information content (AvgIpc) is 3.31. The molecule has 1 saturated carbocycles. The SMILES string of the molecule is COc1ncnc(OC)c1-n1c(NS(=O)(=O)[C@@H](C)[C@H](OC)c2ncc(Cl)cn2)nnc1[C@@H]1CCCC[C@@H]1O. The molecule has 206 valence electrons. The van der Waals surface area contributed by atoms with E-state index in [0.717, 1.165) is 12.8 Å². The van der Waals surface area contributed by atoms with Gasteiger partial charge in [0, 0.05) is 25.4 Å². The van der Waals surface area contributed by atoms with Crippen LogP contribution in [0.1, 0.15) is 56.3 Å². The van der Waals surface area contributed by atoms with Crippen LogP contribution in [0.4, 0.5) is 5.95 Å². The van der Waals surface area contributed by atoms with Gasteiger partial charge in [-0.3, -0.25) is 9.29 Å². The molecule has 0 spiro atoms. The van der Waals surface area contributed by atoms with Gasteiger partial charge < -0.3 is 19.3 Å². The predicted octanol–water partition coefficient (Wildman–Crippen LogP) is 2.05. The Labute approximate surface area is 224 Å². The summed E-state index contributed by atoms with van der Waals surface area (Å²) in [6.07, 6.45) is 5.18. The summed E-state index contributed by atoms with van der Waals surface area (Å²) in [6, 6.07) is 0. The number of nitrogens with one attached hydrogen (secondary N) is 1. The summed E-state index contributed by atoms with van der Waals surface area (Å²) in [4.78, 5) is 16.5. The molecule has 0 aromatic carbocycles. The fourth-order valence-corrected chi connectivity index (χ4v) is 5.66. The van der Waals surface area contributed by atoms with Gasteiger partial charge in [-0.25, -0.2) is 18.4 Å². The first-order chi connectivity index (χ1) is 18.2. The number of aliphatic hydroxyl groups excluding tert-OH is 1. The number of methoxy groups -OCH3 is 3. The van der Waals surface area contributed by atoms with E-state index < -0.39 is 33.4 Å². The number of aliphatic hydroxyl groups is 1. The monoisotopic (exact) mass is 568 g/mol. The van der Waals surface area contributed by atoms with Crippen molar-refractivity contribution in [1.29, 1.82) is 0 Å². The minimum atomic E-state index is -4.18. The summed E-state index contributed by atoms with van der Waals surface area (Å²) >= 11 is 5.88. The highest BCUT2D eigenvalue weighted by atomic mass is 35.5. The third-order valence-corrected chi connectivity index (χ3v) is 8.30. The molecule has 4 rings (SSSR count). The van der Waals surface area contributed by atoms with Crippen molar-refractivity contribution >= 4 is 27.6 Å². The first-order valence-corrected chi connectivity index (χ1v) is 13.7. The highest BCUT2D eigenvalue weighted by molar-refractivity contribution is 7.93. The van der Waals surface area contributed by atoms with E-state index >= 15 is 0 Å². The Morgan fingerprint density at radius 3 is 2.26 bits per heavy atom. The molecule has 14 nitrogen and oxygen atoms in total. The Hall–Kier alpha value is -3.14. The van der Waals surface area contributed by atoms with Crippen molar-refractivity contribution in [2.45, 2.75) is 56.0 Å². The number of nitrogens with zero attached hydrogens (tertiary/aromatic N) is 7. The molecule has 1 aliphatic carbocycles. The summed E-state index contributed by atoms with van der Waals surface area (Å²) in [5, 5.41) is 18.3. The largest absolute Gasteiger partial charge is 0.479 e. The van der Waals surface area contributed by atoms with Gasteiger partial charge in [-0.1, -0.05) is 24.4 Å². The number of ether oxygens (including phenoxy) is 3. The molecule has 2 N–H and O–H groups in total. The smallest absolute Gasteiger partial charge is 0.245 e. The van der Waals surface area contributed by atoms with Gasteiger partial charge in [0.25, 0.3) is 0 Å². The minimum Gasteiger partial charge on any atom is -0.479 e. The Bertz CT molecular complexity index is 1330. The van der Waals surface area contributed by atoms with Gasteiger partial charge in [0.1, 0.15) is 23.5 Å². The van der Waals surface area contributed by atoms with Crippen molar-refractivity contribution in [3.8, 4) is 17.4 Å².